The number of nitrogen functional groups attached to an aromatic ring is 1. The average Bonchev–Trinajstić information content (AvgIpc) is 3.34. The molecule has 5 aromatic heterocycles. The van der Waals surface area contributed by atoms with Gasteiger partial charge in [0, 0.05) is 46.8 Å². The number of nitrogens with zero attached hydrogens (tertiary/aromatic N) is 6. The number of aromatic amines is 1. The van der Waals surface area contributed by atoms with Crippen LogP contribution in [0.2, 0.25) is 5.02 Å². The van der Waals surface area contributed by atoms with Gasteiger partial charge in [0.2, 0.25) is 0 Å². The maximum atomic E-state index is 13.6. The van der Waals surface area contributed by atoms with E-state index in [-0.39, 0.29) is 5.91 Å². The molecule has 1 aliphatic rings. The second-order valence-electron chi connectivity index (χ2n) is 9.49. The van der Waals surface area contributed by atoms with Crippen molar-refractivity contribution in [2.24, 2.45) is 0 Å². The number of fused-ring (bicyclic) bond motifs is 4. The smallest absolute Gasteiger partial charge is 0.254 e. The maximum absolute atomic E-state index is 13.6. The Labute approximate surface area is 206 Å². The minimum absolute atomic E-state index is 0.0607. The van der Waals surface area contributed by atoms with Crippen LogP contribution in [-0.4, -0.2) is 46.8 Å². The molecule has 10 heteroatoms. The zero-order valence-corrected chi connectivity index (χ0v) is 20.3. The normalized spacial score (nSPS) is 15.0. The summed E-state index contributed by atoms with van der Waals surface area (Å²) in [7, 11) is 0. The van der Waals surface area contributed by atoms with Crippen molar-refractivity contribution in [1.82, 2.24) is 34.4 Å². The minimum Gasteiger partial charge on any atom is -0.383 e. The van der Waals surface area contributed by atoms with Gasteiger partial charge < -0.3 is 20.2 Å². The summed E-state index contributed by atoms with van der Waals surface area (Å²) in [5.41, 5.74) is 11.1. The molecular formula is C25H23ClN8O. The van der Waals surface area contributed by atoms with Gasteiger partial charge in [-0.1, -0.05) is 11.6 Å². The topological polar surface area (TPSA) is 119 Å². The summed E-state index contributed by atoms with van der Waals surface area (Å²) in [6.45, 7) is 6.90. The predicted molar refractivity (Wildman–Crippen MR) is 135 cm³/mol. The van der Waals surface area contributed by atoms with Crippen LogP contribution in [0.1, 0.15) is 35.6 Å². The highest BCUT2D eigenvalue weighted by molar-refractivity contribution is 6.38. The number of aryl methyl sites for hydroxylation is 1. The largest absolute Gasteiger partial charge is 0.383 e. The van der Waals surface area contributed by atoms with Crippen molar-refractivity contribution in [3.05, 3.63) is 65.0 Å². The number of carbonyl (C=O) groups excluding carboxylic acids is 1. The van der Waals surface area contributed by atoms with Crippen LogP contribution >= 0.6 is 11.6 Å². The lowest BCUT2D eigenvalue weighted by molar-refractivity contribution is 0.0614. The Morgan fingerprint density at radius 3 is 2.77 bits per heavy atom. The summed E-state index contributed by atoms with van der Waals surface area (Å²) in [5.74, 6) is 0.294. The fourth-order valence-electron chi connectivity index (χ4n) is 5.20. The molecule has 0 saturated carbocycles. The first-order valence-corrected chi connectivity index (χ1v) is 11.6. The Morgan fingerprint density at radius 2 is 2.00 bits per heavy atom. The molecule has 5 aromatic rings. The molecular weight excluding hydrogens is 464 g/mol. The van der Waals surface area contributed by atoms with Gasteiger partial charge in [0.05, 0.1) is 28.2 Å². The zero-order chi connectivity index (χ0) is 24.5. The lowest BCUT2D eigenvalue weighted by atomic mass is 9.98. The Balaban J connectivity index is 1.61. The molecule has 0 unspecified atom stereocenters. The van der Waals surface area contributed by atoms with E-state index in [0.717, 1.165) is 22.3 Å². The number of nitrogens with one attached hydrogen (secondary N) is 1. The second-order valence-corrected chi connectivity index (χ2v) is 9.87. The predicted octanol–water partition coefficient (Wildman–Crippen LogP) is 4.30. The summed E-state index contributed by atoms with van der Waals surface area (Å²) in [5, 5.41) is 2.05. The zero-order valence-electron chi connectivity index (χ0n) is 19.5. The molecule has 0 fully saturated rings. The number of amides is 1. The van der Waals surface area contributed by atoms with Gasteiger partial charge in [-0.2, -0.15) is 0 Å². The van der Waals surface area contributed by atoms with Crippen LogP contribution in [0.3, 0.4) is 0 Å². The molecule has 0 bridgehead atoms. The fraction of sp³-hybridized carbons (Fsp3) is 0.240. The molecule has 3 N–H and O–H groups in total. The van der Waals surface area contributed by atoms with Crippen molar-refractivity contribution in [3.8, 4) is 11.3 Å². The van der Waals surface area contributed by atoms with E-state index in [2.05, 4.69) is 43.3 Å². The van der Waals surface area contributed by atoms with Gasteiger partial charge >= 0.3 is 0 Å². The van der Waals surface area contributed by atoms with E-state index in [0.29, 0.717) is 51.9 Å². The van der Waals surface area contributed by atoms with Crippen molar-refractivity contribution in [1.29, 1.82) is 0 Å². The first-order chi connectivity index (χ1) is 16.8. The highest BCUT2D eigenvalue weighted by atomic mass is 35.5. The molecule has 0 radical (unpaired) electrons. The van der Waals surface area contributed by atoms with Gasteiger partial charge in [0.15, 0.2) is 0 Å². The van der Waals surface area contributed by atoms with E-state index < -0.39 is 5.54 Å². The molecule has 9 nitrogen and oxygen atoms in total. The molecule has 0 aliphatic carbocycles. The van der Waals surface area contributed by atoms with Crippen molar-refractivity contribution >= 4 is 45.4 Å². The molecule has 0 spiro atoms. The molecule has 0 aromatic carbocycles. The van der Waals surface area contributed by atoms with Crippen LogP contribution in [0.25, 0.3) is 33.3 Å². The number of pyridine rings is 2. The van der Waals surface area contributed by atoms with Crippen molar-refractivity contribution < 1.29 is 4.79 Å². The van der Waals surface area contributed by atoms with Gasteiger partial charge in [-0.25, -0.2) is 15.0 Å². The number of nitrogens with two attached hydrogens (primary N) is 1. The molecule has 0 saturated heterocycles. The number of rotatable bonds is 2. The number of halogens is 1. The van der Waals surface area contributed by atoms with E-state index in [9.17, 15) is 4.79 Å². The summed E-state index contributed by atoms with van der Waals surface area (Å²) in [6.07, 6.45) is 4.84. The van der Waals surface area contributed by atoms with Gasteiger partial charge in [-0.15, -0.1) is 0 Å². The third-order valence-electron chi connectivity index (χ3n) is 6.59. The third-order valence-corrected chi connectivity index (χ3v) is 6.98. The van der Waals surface area contributed by atoms with Crippen LogP contribution in [-0.2, 0) is 12.1 Å². The number of hydrogen-bond acceptors (Lipinski definition) is 6. The molecule has 6 rings (SSSR count). The van der Waals surface area contributed by atoms with Crippen LogP contribution in [0, 0.1) is 6.92 Å². The van der Waals surface area contributed by atoms with E-state index in [1.807, 2.05) is 30.0 Å². The first-order valence-electron chi connectivity index (χ1n) is 11.2. The van der Waals surface area contributed by atoms with E-state index >= 15 is 0 Å². The number of H-pyrrole nitrogens is 1. The molecule has 1 aliphatic heterocycles. The Kier molecular flexibility index (Phi) is 4.62. The standard InChI is InChI=1S/C25H23ClN8O/c1-13-9-14(6-8-28-13)24(35)33-10-16-17(20-19(26)15-5-4-7-29-22(15)32-20)18-21(27)30-12-31-23(18)34(16)25(2,3)11-33/h4-9,12H,10-11H2,1-3H3,(H,29,32)(H2,27,30,31). The lowest BCUT2D eigenvalue weighted by Gasteiger charge is -2.41. The molecule has 176 valence electrons. The average molecular weight is 487 g/mol. The minimum atomic E-state index is -0.473. The van der Waals surface area contributed by atoms with E-state index in [1.54, 1.807) is 18.5 Å². The Morgan fingerprint density at radius 1 is 1.17 bits per heavy atom. The Bertz CT molecular complexity index is 1650. The highest BCUT2D eigenvalue weighted by Crippen LogP contribution is 2.45. The van der Waals surface area contributed by atoms with Gasteiger partial charge in [-0.3, -0.25) is 9.78 Å². The van der Waals surface area contributed by atoms with Crippen LogP contribution in [0.5, 0.6) is 0 Å². The summed E-state index contributed by atoms with van der Waals surface area (Å²) >= 11 is 6.88. The van der Waals surface area contributed by atoms with E-state index in [4.69, 9.17) is 17.3 Å². The first kappa shape index (κ1) is 21.5. The molecule has 35 heavy (non-hydrogen) atoms. The van der Waals surface area contributed by atoms with Crippen LogP contribution < -0.4 is 5.73 Å². The fourth-order valence-corrected chi connectivity index (χ4v) is 5.49. The van der Waals surface area contributed by atoms with Crippen molar-refractivity contribution in [2.45, 2.75) is 32.9 Å². The number of aromatic nitrogens is 6. The molecule has 1 amide bonds. The summed E-state index contributed by atoms with van der Waals surface area (Å²) in [6, 6.07) is 7.32. The van der Waals surface area contributed by atoms with Crippen molar-refractivity contribution in [3.63, 3.8) is 0 Å². The van der Waals surface area contributed by atoms with Crippen LogP contribution in [0.4, 0.5) is 5.82 Å². The van der Waals surface area contributed by atoms with Gasteiger partial charge in [-0.05, 0) is 45.0 Å². The van der Waals surface area contributed by atoms with Gasteiger partial charge in [0.1, 0.15) is 23.4 Å². The Hall–Kier alpha value is -3.98. The lowest BCUT2D eigenvalue weighted by Crippen LogP contribution is -2.49. The van der Waals surface area contributed by atoms with E-state index in [1.165, 1.54) is 6.33 Å². The SMILES string of the molecule is Cc1cc(C(=O)N2Cc3c(-c4[nH]c5ncccc5c4Cl)c4c(N)ncnc4n3C(C)(C)C2)ccn1. The third kappa shape index (κ3) is 3.19. The molecule has 6 heterocycles. The second kappa shape index (κ2) is 7.51. The number of carbonyl (C=O) groups is 1. The maximum Gasteiger partial charge on any atom is 0.254 e. The van der Waals surface area contributed by atoms with Crippen molar-refractivity contribution in [2.75, 3.05) is 12.3 Å². The van der Waals surface area contributed by atoms with Gasteiger partial charge in [0.25, 0.3) is 5.91 Å². The summed E-state index contributed by atoms with van der Waals surface area (Å²) < 4.78 is 2.16. The monoisotopic (exact) mass is 486 g/mol. The highest BCUT2D eigenvalue weighted by Gasteiger charge is 2.39. The number of hydrogen-bond donors (Lipinski definition) is 2. The van der Waals surface area contributed by atoms with Crippen LogP contribution in [0.15, 0.2) is 43.0 Å². The quantitative estimate of drug-likeness (QED) is 0.384. The summed E-state index contributed by atoms with van der Waals surface area (Å²) in [4.78, 5) is 36.3. The molecule has 0 atom stereocenters. The number of anilines is 1.